The van der Waals surface area contributed by atoms with Crippen LogP contribution < -0.4 is 0 Å². The molecule has 0 aliphatic carbocycles. The van der Waals surface area contributed by atoms with Crippen LogP contribution >= 0.6 is 0 Å². The van der Waals surface area contributed by atoms with Crippen molar-refractivity contribution in [2.75, 3.05) is 20.8 Å². The predicted molar refractivity (Wildman–Crippen MR) is 65.3 cm³/mol. The maximum atomic E-state index is 11.4. The van der Waals surface area contributed by atoms with E-state index < -0.39 is 8.80 Å². The van der Waals surface area contributed by atoms with E-state index >= 15 is 0 Å². The third kappa shape index (κ3) is 5.02. The number of hydrogen-bond acceptors (Lipinski definition) is 4. The van der Waals surface area contributed by atoms with Crippen molar-refractivity contribution in [3.05, 3.63) is 12.2 Å². The van der Waals surface area contributed by atoms with Gasteiger partial charge in [-0.3, -0.25) is 4.79 Å². The molecule has 0 radical (unpaired) electrons. The van der Waals surface area contributed by atoms with Gasteiger partial charge in [0.15, 0.2) is 5.78 Å². The largest absolute Gasteiger partial charge is 0.500 e. The molecular formula is C11H22O4Si. The molecule has 0 aliphatic heterocycles. The van der Waals surface area contributed by atoms with Crippen LogP contribution in [0.25, 0.3) is 0 Å². The van der Waals surface area contributed by atoms with Crippen LogP contribution in [0.4, 0.5) is 0 Å². The van der Waals surface area contributed by atoms with Crippen molar-refractivity contribution in [1.29, 1.82) is 0 Å². The minimum absolute atomic E-state index is 0.00699. The average Bonchev–Trinajstić information content (AvgIpc) is 2.29. The van der Waals surface area contributed by atoms with Gasteiger partial charge >= 0.3 is 8.80 Å². The van der Waals surface area contributed by atoms with Crippen molar-refractivity contribution in [3.63, 3.8) is 0 Å². The first kappa shape index (κ1) is 15.5. The van der Waals surface area contributed by atoms with Crippen molar-refractivity contribution in [1.82, 2.24) is 0 Å². The van der Waals surface area contributed by atoms with Crippen LogP contribution in [0.3, 0.4) is 0 Å². The van der Waals surface area contributed by atoms with Crippen LogP contribution in [0.1, 0.15) is 26.7 Å². The zero-order valence-electron chi connectivity index (χ0n) is 10.7. The first-order valence-electron chi connectivity index (χ1n) is 5.44. The van der Waals surface area contributed by atoms with Crippen LogP contribution in [0.2, 0.25) is 6.04 Å². The maximum absolute atomic E-state index is 11.4. The first-order valence-corrected chi connectivity index (χ1v) is 7.37. The van der Waals surface area contributed by atoms with E-state index in [4.69, 9.17) is 13.3 Å². The predicted octanol–water partition coefficient (Wildman–Crippen LogP) is 2.18. The second-order valence-corrected chi connectivity index (χ2v) is 6.66. The lowest BCUT2D eigenvalue weighted by atomic mass is 10.2. The lowest BCUT2D eigenvalue weighted by Crippen LogP contribution is -2.45. The Balaban J connectivity index is 4.31. The van der Waals surface area contributed by atoms with Crippen LogP contribution in [-0.4, -0.2) is 35.4 Å². The van der Waals surface area contributed by atoms with Gasteiger partial charge in [0, 0.05) is 20.3 Å². The van der Waals surface area contributed by atoms with Gasteiger partial charge in [-0.2, -0.15) is 0 Å². The van der Waals surface area contributed by atoms with Crippen LogP contribution in [0, 0.1) is 0 Å². The van der Waals surface area contributed by atoms with E-state index in [0.717, 1.165) is 18.9 Å². The Labute approximate surface area is 99.0 Å². The fourth-order valence-corrected chi connectivity index (χ4v) is 3.26. The van der Waals surface area contributed by atoms with Gasteiger partial charge in [0.1, 0.15) is 6.61 Å². The van der Waals surface area contributed by atoms with Crippen LogP contribution in [-0.2, 0) is 18.1 Å². The minimum Gasteiger partial charge on any atom is -0.377 e. The second kappa shape index (κ2) is 7.73. The normalized spacial score (nSPS) is 11.5. The first-order chi connectivity index (χ1) is 7.51. The SMILES string of the molecule is C=C(C)C(=O)CO[Si](CCCC)(OC)OC. The summed E-state index contributed by atoms with van der Waals surface area (Å²) in [6.07, 6.45) is 2.01. The van der Waals surface area contributed by atoms with Gasteiger partial charge in [0.25, 0.3) is 0 Å². The summed E-state index contributed by atoms with van der Waals surface area (Å²) in [4.78, 5) is 11.4. The number of rotatable bonds is 9. The molecular weight excluding hydrogens is 224 g/mol. The fourth-order valence-electron chi connectivity index (χ4n) is 1.17. The topological polar surface area (TPSA) is 44.8 Å². The third-order valence-electron chi connectivity index (χ3n) is 2.36. The van der Waals surface area contributed by atoms with Crippen molar-refractivity contribution in [2.24, 2.45) is 0 Å². The molecule has 0 aromatic carbocycles. The molecule has 0 heterocycles. The lowest BCUT2D eigenvalue weighted by molar-refractivity contribution is -0.118. The van der Waals surface area contributed by atoms with E-state index in [1.165, 1.54) is 0 Å². The quantitative estimate of drug-likeness (QED) is 0.462. The van der Waals surface area contributed by atoms with Gasteiger partial charge in [-0.25, -0.2) is 0 Å². The molecule has 16 heavy (non-hydrogen) atoms. The van der Waals surface area contributed by atoms with Gasteiger partial charge in [0.2, 0.25) is 0 Å². The van der Waals surface area contributed by atoms with E-state index in [-0.39, 0.29) is 12.4 Å². The molecule has 0 spiro atoms. The Morgan fingerprint density at radius 1 is 1.31 bits per heavy atom. The highest BCUT2D eigenvalue weighted by Crippen LogP contribution is 2.17. The summed E-state index contributed by atoms with van der Waals surface area (Å²) in [5, 5.41) is 0. The Kier molecular flexibility index (Phi) is 7.49. The Morgan fingerprint density at radius 2 is 1.88 bits per heavy atom. The maximum Gasteiger partial charge on any atom is 0.500 e. The average molecular weight is 246 g/mol. The van der Waals surface area contributed by atoms with Gasteiger partial charge < -0.3 is 13.3 Å². The van der Waals surface area contributed by atoms with E-state index in [0.29, 0.717) is 5.57 Å². The highest BCUT2D eigenvalue weighted by atomic mass is 28.4. The third-order valence-corrected chi connectivity index (χ3v) is 5.15. The second-order valence-electron chi connectivity index (χ2n) is 3.69. The van der Waals surface area contributed by atoms with Crippen molar-refractivity contribution in [3.8, 4) is 0 Å². The van der Waals surface area contributed by atoms with Crippen LogP contribution in [0.15, 0.2) is 12.2 Å². The van der Waals surface area contributed by atoms with Gasteiger partial charge in [-0.1, -0.05) is 19.9 Å². The molecule has 0 aromatic rings. The summed E-state index contributed by atoms with van der Waals surface area (Å²) < 4.78 is 16.2. The molecule has 0 N–H and O–H groups in total. The summed E-state index contributed by atoms with van der Waals surface area (Å²) in [6, 6.07) is 0.736. The number of unbranched alkanes of at least 4 members (excludes halogenated alkanes) is 1. The Morgan fingerprint density at radius 3 is 2.25 bits per heavy atom. The number of carbonyl (C=O) groups is 1. The molecule has 0 bridgehead atoms. The summed E-state index contributed by atoms with van der Waals surface area (Å²) in [6.45, 7) is 7.32. The summed E-state index contributed by atoms with van der Waals surface area (Å²) in [7, 11) is 0.497. The smallest absolute Gasteiger partial charge is 0.377 e. The zero-order chi connectivity index (χ0) is 12.6. The minimum atomic E-state index is -2.64. The Bertz CT molecular complexity index is 236. The van der Waals surface area contributed by atoms with E-state index in [1.807, 2.05) is 0 Å². The molecule has 0 atom stereocenters. The molecule has 0 fully saturated rings. The van der Waals surface area contributed by atoms with Gasteiger partial charge in [0.05, 0.1) is 0 Å². The summed E-state index contributed by atoms with van der Waals surface area (Å²) in [5.41, 5.74) is 0.491. The van der Waals surface area contributed by atoms with Crippen molar-refractivity contribution >= 4 is 14.6 Å². The standard InChI is InChI=1S/C11H22O4Si/c1-6-7-8-16(13-4,14-5)15-9-11(12)10(2)3/h2,6-9H2,1,3-5H3. The number of Topliss-reactive ketones (excluding diaryl/α,β-unsaturated/α-hetero) is 1. The van der Waals surface area contributed by atoms with E-state index in [9.17, 15) is 4.79 Å². The van der Waals surface area contributed by atoms with Gasteiger partial charge in [-0.15, -0.1) is 0 Å². The molecule has 0 saturated carbocycles. The lowest BCUT2D eigenvalue weighted by Gasteiger charge is -2.25. The zero-order valence-corrected chi connectivity index (χ0v) is 11.7. The van der Waals surface area contributed by atoms with Crippen molar-refractivity contribution < 1.29 is 18.1 Å². The number of carbonyl (C=O) groups excluding carboxylic acids is 1. The highest BCUT2D eigenvalue weighted by molar-refractivity contribution is 6.60. The number of ketones is 1. The molecule has 4 nitrogen and oxygen atoms in total. The molecule has 5 heteroatoms. The Hall–Kier alpha value is -0.493. The van der Waals surface area contributed by atoms with E-state index in [2.05, 4.69) is 13.5 Å². The molecule has 0 rings (SSSR count). The molecule has 0 aromatic heterocycles. The summed E-state index contributed by atoms with van der Waals surface area (Å²) >= 11 is 0. The molecule has 0 amide bonds. The molecule has 94 valence electrons. The van der Waals surface area contributed by atoms with Gasteiger partial charge in [-0.05, 0) is 18.9 Å². The molecule has 0 saturated heterocycles. The van der Waals surface area contributed by atoms with Crippen molar-refractivity contribution in [2.45, 2.75) is 32.7 Å². The number of hydrogen-bond donors (Lipinski definition) is 0. The molecule has 0 aliphatic rings. The fraction of sp³-hybridized carbons (Fsp3) is 0.727. The monoisotopic (exact) mass is 246 g/mol. The van der Waals surface area contributed by atoms with Crippen LogP contribution in [0.5, 0.6) is 0 Å². The van der Waals surface area contributed by atoms with E-state index in [1.54, 1.807) is 21.1 Å². The summed E-state index contributed by atoms with van der Waals surface area (Å²) in [5.74, 6) is -0.109. The highest BCUT2D eigenvalue weighted by Gasteiger charge is 2.38. The molecule has 0 unspecified atom stereocenters.